The van der Waals surface area contributed by atoms with Gasteiger partial charge in [0, 0.05) is 11.6 Å². The van der Waals surface area contributed by atoms with Crippen molar-refractivity contribution in [1.82, 2.24) is 4.98 Å². The number of hydrogen-bond acceptors (Lipinski definition) is 3. The first kappa shape index (κ1) is 11.7. The van der Waals surface area contributed by atoms with Crippen LogP contribution in [0.2, 0.25) is 0 Å². The van der Waals surface area contributed by atoms with E-state index in [0.29, 0.717) is 0 Å². The normalized spacial score (nSPS) is 12.1. The van der Waals surface area contributed by atoms with Gasteiger partial charge >= 0.3 is 0 Å². The quantitative estimate of drug-likeness (QED) is 0.720. The summed E-state index contributed by atoms with van der Waals surface area (Å²) in [6, 6.07) is 0.214. The van der Waals surface area contributed by atoms with Crippen LogP contribution in [0.25, 0.3) is 0 Å². The number of sulfonamides is 1. The van der Waals surface area contributed by atoms with Crippen LogP contribution in [0, 0.1) is 5.95 Å². The Kier molecular flexibility index (Phi) is 2.86. The zero-order chi connectivity index (χ0) is 11.8. The summed E-state index contributed by atoms with van der Waals surface area (Å²) in [5.74, 6) is -1.36. The molecule has 0 saturated carbocycles. The van der Waals surface area contributed by atoms with E-state index in [0.717, 1.165) is 0 Å². The van der Waals surface area contributed by atoms with Crippen LogP contribution in [0.3, 0.4) is 0 Å². The van der Waals surface area contributed by atoms with E-state index in [-0.39, 0.29) is 6.07 Å². The molecular weight excluding hydrogens is 237 g/mol. The summed E-state index contributed by atoms with van der Waals surface area (Å²) in [5, 5.41) is 4.54. The maximum Gasteiger partial charge on any atom is 0.270 e. The van der Waals surface area contributed by atoms with Crippen LogP contribution in [-0.2, 0) is 10.0 Å². The number of aromatic amines is 1. The number of H-pyrrole nitrogens is 1. The third-order valence-electron chi connectivity index (χ3n) is 1.50. The summed E-state index contributed by atoms with van der Waals surface area (Å²) in [4.78, 5) is 11.0. The van der Waals surface area contributed by atoms with Crippen molar-refractivity contribution in [2.24, 2.45) is 5.14 Å². The largest absolute Gasteiger partial charge is 0.298 e. The van der Waals surface area contributed by atoms with Crippen LogP contribution in [0.1, 0.15) is 12.0 Å². The average molecular weight is 242 g/mol. The number of alkyl halides is 2. The molecule has 15 heavy (non-hydrogen) atoms. The lowest BCUT2D eigenvalue weighted by molar-refractivity contribution is 0.147. The molecule has 0 atom stereocenters. The van der Waals surface area contributed by atoms with Gasteiger partial charge in [-0.3, -0.25) is 9.78 Å². The number of hydrogen-bond donors (Lipinski definition) is 2. The lowest BCUT2D eigenvalue weighted by atomic mass is 10.3. The van der Waals surface area contributed by atoms with E-state index in [9.17, 15) is 26.4 Å². The molecule has 0 amide bonds. The van der Waals surface area contributed by atoms with Crippen molar-refractivity contribution in [3.05, 3.63) is 27.9 Å². The Bertz CT molecular complexity index is 537. The second kappa shape index (κ2) is 3.66. The smallest absolute Gasteiger partial charge is 0.270 e. The molecule has 0 unspecified atom stereocenters. The minimum Gasteiger partial charge on any atom is -0.298 e. The molecular formula is C6H5F3N2O3S. The van der Waals surface area contributed by atoms with Crippen molar-refractivity contribution >= 4 is 10.0 Å². The molecule has 9 heteroatoms. The fourth-order valence-electron chi connectivity index (χ4n) is 0.990. The number of pyridine rings is 1. The fourth-order valence-corrected chi connectivity index (χ4v) is 1.78. The SMILES string of the molecule is NS(=O)(=O)c1c(C(F)F)cc(F)[nH]c1=O. The summed E-state index contributed by atoms with van der Waals surface area (Å²) in [7, 11) is -4.62. The molecule has 0 fully saturated rings. The third-order valence-corrected chi connectivity index (χ3v) is 2.49. The molecule has 1 heterocycles. The van der Waals surface area contributed by atoms with E-state index >= 15 is 0 Å². The van der Waals surface area contributed by atoms with E-state index in [1.165, 1.54) is 4.98 Å². The minimum absolute atomic E-state index is 0.214. The molecule has 0 spiro atoms. The molecule has 0 aromatic carbocycles. The Morgan fingerprint density at radius 2 is 1.93 bits per heavy atom. The average Bonchev–Trinajstić information content (AvgIpc) is 1.99. The maximum absolute atomic E-state index is 12.5. The Hall–Kier alpha value is -1.35. The highest BCUT2D eigenvalue weighted by atomic mass is 32.2. The van der Waals surface area contributed by atoms with Crippen LogP contribution in [0.5, 0.6) is 0 Å². The van der Waals surface area contributed by atoms with Gasteiger partial charge in [0.2, 0.25) is 10.0 Å². The van der Waals surface area contributed by atoms with Crippen molar-refractivity contribution in [3.8, 4) is 0 Å². The minimum atomic E-state index is -4.62. The standard InChI is InChI=1S/C6H5F3N2O3S/c7-3-1-2(5(8)9)4(6(12)11-3)15(10,13)14/h1,5H,(H,11,12)(H2,10,13,14). The molecule has 0 aliphatic rings. The van der Waals surface area contributed by atoms with Gasteiger partial charge in [-0.2, -0.15) is 4.39 Å². The predicted octanol–water partition coefficient (Wildman–Crippen LogP) is 0.0990. The van der Waals surface area contributed by atoms with E-state index in [1.807, 2.05) is 0 Å². The topological polar surface area (TPSA) is 93.0 Å². The summed E-state index contributed by atoms with van der Waals surface area (Å²) >= 11 is 0. The molecule has 0 radical (unpaired) electrons. The van der Waals surface area contributed by atoms with Gasteiger partial charge in [0.25, 0.3) is 12.0 Å². The van der Waals surface area contributed by atoms with Gasteiger partial charge in [-0.1, -0.05) is 0 Å². The van der Waals surface area contributed by atoms with Crippen LogP contribution >= 0.6 is 0 Å². The molecule has 0 aliphatic heterocycles. The van der Waals surface area contributed by atoms with Gasteiger partial charge in [-0.15, -0.1) is 0 Å². The molecule has 3 N–H and O–H groups in total. The van der Waals surface area contributed by atoms with Gasteiger partial charge in [-0.25, -0.2) is 22.3 Å². The molecule has 1 rings (SSSR count). The molecule has 0 bridgehead atoms. The van der Waals surface area contributed by atoms with Gasteiger partial charge in [0.15, 0.2) is 10.8 Å². The van der Waals surface area contributed by atoms with Crippen molar-refractivity contribution in [2.45, 2.75) is 11.3 Å². The number of nitrogens with two attached hydrogens (primary N) is 1. The van der Waals surface area contributed by atoms with Crippen molar-refractivity contribution in [3.63, 3.8) is 0 Å². The van der Waals surface area contributed by atoms with Gasteiger partial charge in [0.1, 0.15) is 0 Å². The van der Waals surface area contributed by atoms with E-state index in [1.54, 1.807) is 0 Å². The lowest BCUT2D eigenvalue weighted by Crippen LogP contribution is -2.26. The van der Waals surface area contributed by atoms with Crippen LogP contribution < -0.4 is 10.7 Å². The Labute approximate surface area is 81.8 Å². The highest BCUT2D eigenvalue weighted by molar-refractivity contribution is 7.89. The fraction of sp³-hybridized carbons (Fsp3) is 0.167. The first-order valence-corrected chi connectivity index (χ1v) is 5.02. The number of nitrogens with one attached hydrogen (secondary N) is 1. The Balaban J connectivity index is 3.71. The zero-order valence-corrected chi connectivity index (χ0v) is 7.82. The second-order valence-electron chi connectivity index (χ2n) is 2.58. The predicted molar refractivity (Wildman–Crippen MR) is 43.4 cm³/mol. The molecule has 0 saturated heterocycles. The highest BCUT2D eigenvalue weighted by Crippen LogP contribution is 2.23. The van der Waals surface area contributed by atoms with Crippen molar-refractivity contribution < 1.29 is 21.6 Å². The van der Waals surface area contributed by atoms with Gasteiger partial charge in [-0.05, 0) is 0 Å². The molecule has 84 valence electrons. The summed E-state index contributed by atoms with van der Waals surface area (Å²) in [5.41, 5.74) is -2.76. The molecule has 5 nitrogen and oxygen atoms in total. The Morgan fingerprint density at radius 3 is 2.33 bits per heavy atom. The van der Waals surface area contributed by atoms with Crippen LogP contribution in [-0.4, -0.2) is 13.4 Å². The Morgan fingerprint density at radius 1 is 1.40 bits per heavy atom. The second-order valence-corrected chi connectivity index (χ2v) is 4.07. The van der Waals surface area contributed by atoms with E-state index in [2.05, 4.69) is 5.14 Å². The maximum atomic E-state index is 12.5. The van der Waals surface area contributed by atoms with Crippen molar-refractivity contribution in [1.29, 1.82) is 0 Å². The highest BCUT2D eigenvalue weighted by Gasteiger charge is 2.25. The first-order chi connectivity index (χ1) is 6.73. The number of rotatable bonds is 2. The van der Waals surface area contributed by atoms with Crippen molar-refractivity contribution in [2.75, 3.05) is 0 Å². The summed E-state index contributed by atoms with van der Waals surface area (Å²) < 4.78 is 58.7. The molecule has 1 aromatic heterocycles. The lowest BCUT2D eigenvalue weighted by Gasteiger charge is -2.05. The van der Waals surface area contributed by atoms with E-state index in [4.69, 9.17) is 0 Å². The van der Waals surface area contributed by atoms with Crippen LogP contribution in [0.4, 0.5) is 13.2 Å². The molecule has 0 aliphatic carbocycles. The summed E-state index contributed by atoms with van der Waals surface area (Å²) in [6.45, 7) is 0. The number of primary sulfonamides is 1. The number of halogens is 3. The summed E-state index contributed by atoms with van der Waals surface area (Å²) in [6.07, 6.45) is -3.31. The van der Waals surface area contributed by atoms with Crippen LogP contribution in [0.15, 0.2) is 15.8 Å². The molecule has 1 aromatic rings. The first-order valence-electron chi connectivity index (χ1n) is 3.47. The number of aromatic nitrogens is 1. The monoisotopic (exact) mass is 242 g/mol. The zero-order valence-electron chi connectivity index (χ0n) is 7.00. The third kappa shape index (κ3) is 2.36. The van der Waals surface area contributed by atoms with Gasteiger partial charge in [0.05, 0.1) is 0 Å². The van der Waals surface area contributed by atoms with E-state index < -0.39 is 38.4 Å². The van der Waals surface area contributed by atoms with Gasteiger partial charge < -0.3 is 0 Å².